The van der Waals surface area contributed by atoms with E-state index in [1.807, 2.05) is 81.4 Å². The SMILES string of the molecule is CCCCOc1ccc(C2c3c(oc4cc(C)cc(C)c4c3=O)C(=O)N2Cc2ccc(C)cc2)cc1. The van der Waals surface area contributed by atoms with Crippen molar-refractivity contribution in [1.82, 2.24) is 4.90 Å². The van der Waals surface area contributed by atoms with Crippen LogP contribution in [0.4, 0.5) is 0 Å². The number of ether oxygens (including phenoxy) is 1. The van der Waals surface area contributed by atoms with Gasteiger partial charge in [-0.05, 0) is 67.6 Å². The van der Waals surface area contributed by atoms with Gasteiger partial charge in [-0.15, -0.1) is 0 Å². The fraction of sp³-hybridized carbons (Fsp3) is 0.290. The van der Waals surface area contributed by atoms with Gasteiger partial charge in [0, 0.05) is 6.54 Å². The summed E-state index contributed by atoms with van der Waals surface area (Å²) in [5.41, 5.74) is 5.57. The van der Waals surface area contributed by atoms with Crippen molar-refractivity contribution in [1.29, 1.82) is 0 Å². The van der Waals surface area contributed by atoms with E-state index < -0.39 is 6.04 Å². The molecule has 5 nitrogen and oxygen atoms in total. The maximum absolute atomic E-state index is 13.9. The molecule has 0 spiro atoms. The van der Waals surface area contributed by atoms with Gasteiger partial charge in [0.05, 0.1) is 23.6 Å². The van der Waals surface area contributed by atoms with Gasteiger partial charge in [-0.1, -0.05) is 61.4 Å². The Hall–Kier alpha value is -3.86. The topological polar surface area (TPSA) is 59.8 Å². The number of hydrogen-bond donors (Lipinski definition) is 0. The monoisotopic (exact) mass is 481 g/mol. The Kier molecular flexibility index (Phi) is 6.40. The van der Waals surface area contributed by atoms with E-state index in [0.29, 0.717) is 29.7 Å². The van der Waals surface area contributed by atoms with Crippen molar-refractivity contribution in [3.05, 3.63) is 110 Å². The summed E-state index contributed by atoms with van der Waals surface area (Å²) in [5.74, 6) is 0.647. The van der Waals surface area contributed by atoms with Crippen molar-refractivity contribution in [3.63, 3.8) is 0 Å². The van der Waals surface area contributed by atoms with Gasteiger partial charge in [-0.25, -0.2) is 0 Å². The zero-order valence-electron chi connectivity index (χ0n) is 21.3. The van der Waals surface area contributed by atoms with Crippen molar-refractivity contribution in [2.45, 2.75) is 53.1 Å². The minimum absolute atomic E-state index is 0.137. The van der Waals surface area contributed by atoms with Gasteiger partial charge in [0.2, 0.25) is 5.76 Å². The van der Waals surface area contributed by atoms with Crippen LogP contribution in [0.1, 0.15) is 69.7 Å². The molecule has 1 amide bonds. The molecule has 0 saturated carbocycles. The molecule has 0 saturated heterocycles. The maximum atomic E-state index is 13.9. The van der Waals surface area contributed by atoms with Crippen LogP contribution in [0, 0.1) is 20.8 Å². The average molecular weight is 482 g/mol. The number of benzene rings is 3. The molecule has 36 heavy (non-hydrogen) atoms. The standard InChI is InChI=1S/C31H31NO4/c1-5-6-15-35-24-13-11-23(12-14-24)28-27-29(33)26-21(4)16-20(3)17-25(26)36-30(27)31(34)32(28)18-22-9-7-19(2)8-10-22/h7-14,16-17,28H,5-6,15,18H2,1-4H3. The first-order chi connectivity index (χ1) is 17.4. The van der Waals surface area contributed by atoms with Gasteiger partial charge in [0.1, 0.15) is 11.3 Å². The quantitative estimate of drug-likeness (QED) is 0.278. The summed E-state index contributed by atoms with van der Waals surface area (Å²) in [6.45, 7) is 9.06. The Morgan fingerprint density at radius 3 is 2.33 bits per heavy atom. The van der Waals surface area contributed by atoms with Crippen LogP contribution in [-0.4, -0.2) is 17.4 Å². The highest BCUT2D eigenvalue weighted by Crippen LogP contribution is 2.40. The number of carbonyl (C=O) groups excluding carboxylic acids is 1. The first-order valence-corrected chi connectivity index (χ1v) is 12.5. The number of fused-ring (bicyclic) bond motifs is 2. The Balaban J connectivity index is 1.63. The normalized spacial score (nSPS) is 14.9. The Labute approximate surface area is 211 Å². The van der Waals surface area contributed by atoms with Crippen molar-refractivity contribution >= 4 is 16.9 Å². The third-order valence-corrected chi connectivity index (χ3v) is 6.85. The summed E-state index contributed by atoms with van der Waals surface area (Å²) in [5, 5.41) is 0.536. The number of carbonyl (C=O) groups is 1. The Bertz CT molecular complexity index is 1480. The van der Waals surface area contributed by atoms with Crippen molar-refractivity contribution in [2.24, 2.45) is 0 Å². The lowest BCUT2D eigenvalue weighted by atomic mass is 9.96. The molecule has 5 heteroatoms. The van der Waals surface area contributed by atoms with Gasteiger partial charge in [-0.2, -0.15) is 0 Å². The zero-order chi connectivity index (χ0) is 25.4. The van der Waals surface area contributed by atoms with E-state index in [0.717, 1.165) is 46.4 Å². The van der Waals surface area contributed by atoms with E-state index >= 15 is 0 Å². The lowest BCUT2D eigenvalue weighted by Crippen LogP contribution is -2.29. The van der Waals surface area contributed by atoms with Crippen LogP contribution in [0.3, 0.4) is 0 Å². The van der Waals surface area contributed by atoms with Crippen LogP contribution >= 0.6 is 0 Å². The second-order valence-electron chi connectivity index (χ2n) is 9.72. The molecule has 0 N–H and O–H groups in total. The van der Waals surface area contributed by atoms with Crippen LogP contribution < -0.4 is 10.2 Å². The summed E-state index contributed by atoms with van der Waals surface area (Å²) >= 11 is 0. The lowest BCUT2D eigenvalue weighted by molar-refractivity contribution is 0.0714. The molecule has 5 rings (SSSR count). The largest absolute Gasteiger partial charge is 0.494 e. The van der Waals surface area contributed by atoms with Crippen LogP contribution in [-0.2, 0) is 6.54 Å². The highest BCUT2D eigenvalue weighted by Gasteiger charge is 2.42. The van der Waals surface area contributed by atoms with Crippen molar-refractivity contribution in [3.8, 4) is 5.75 Å². The minimum Gasteiger partial charge on any atom is -0.494 e. The van der Waals surface area contributed by atoms with E-state index in [9.17, 15) is 9.59 Å². The van der Waals surface area contributed by atoms with Crippen LogP contribution in [0.25, 0.3) is 11.0 Å². The first kappa shape index (κ1) is 23.9. The fourth-order valence-corrected chi connectivity index (χ4v) is 4.99. The summed E-state index contributed by atoms with van der Waals surface area (Å²) in [6, 6.07) is 19.1. The van der Waals surface area contributed by atoms with E-state index in [1.165, 1.54) is 0 Å². The van der Waals surface area contributed by atoms with Crippen molar-refractivity contribution < 1.29 is 13.9 Å². The van der Waals surface area contributed by atoms with E-state index in [1.54, 1.807) is 4.90 Å². The molecular weight excluding hydrogens is 450 g/mol. The highest BCUT2D eigenvalue weighted by molar-refractivity contribution is 5.99. The predicted molar refractivity (Wildman–Crippen MR) is 142 cm³/mol. The molecule has 184 valence electrons. The second kappa shape index (κ2) is 9.65. The molecule has 3 aromatic carbocycles. The number of rotatable bonds is 7. The molecule has 0 aliphatic carbocycles. The smallest absolute Gasteiger partial charge is 0.291 e. The first-order valence-electron chi connectivity index (χ1n) is 12.5. The minimum atomic E-state index is -0.542. The number of amides is 1. The maximum Gasteiger partial charge on any atom is 0.291 e. The van der Waals surface area contributed by atoms with Crippen molar-refractivity contribution in [2.75, 3.05) is 6.61 Å². The highest BCUT2D eigenvalue weighted by atomic mass is 16.5. The van der Waals surface area contributed by atoms with Crippen LogP contribution in [0.15, 0.2) is 69.9 Å². The lowest BCUT2D eigenvalue weighted by Gasteiger charge is -2.25. The second-order valence-corrected chi connectivity index (χ2v) is 9.72. The fourth-order valence-electron chi connectivity index (χ4n) is 4.99. The summed E-state index contributed by atoms with van der Waals surface area (Å²) in [6.07, 6.45) is 2.05. The summed E-state index contributed by atoms with van der Waals surface area (Å²) in [7, 11) is 0. The molecule has 1 atom stereocenters. The summed E-state index contributed by atoms with van der Waals surface area (Å²) in [4.78, 5) is 29.4. The number of nitrogens with zero attached hydrogens (tertiary/aromatic N) is 1. The molecule has 2 heterocycles. The Morgan fingerprint density at radius 2 is 1.64 bits per heavy atom. The molecule has 1 aliphatic heterocycles. The Morgan fingerprint density at radius 1 is 0.917 bits per heavy atom. The van der Waals surface area contributed by atoms with Gasteiger partial charge in [-0.3, -0.25) is 9.59 Å². The summed E-state index contributed by atoms with van der Waals surface area (Å²) < 4.78 is 12.0. The third-order valence-electron chi connectivity index (χ3n) is 6.85. The predicted octanol–water partition coefficient (Wildman–Crippen LogP) is 6.64. The van der Waals surface area contributed by atoms with Crippen LogP contribution in [0.2, 0.25) is 0 Å². The van der Waals surface area contributed by atoms with Gasteiger partial charge in [0.15, 0.2) is 5.43 Å². The zero-order valence-corrected chi connectivity index (χ0v) is 21.3. The number of hydrogen-bond acceptors (Lipinski definition) is 4. The molecule has 4 aromatic rings. The van der Waals surface area contributed by atoms with E-state index in [-0.39, 0.29) is 17.1 Å². The van der Waals surface area contributed by atoms with E-state index in [2.05, 4.69) is 6.92 Å². The van der Waals surface area contributed by atoms with Gasteiger partial charge in [0.25, 0.3) is 5.91 Å². The average Bonchev–Trinajstić information content (AvgIpc) is 3.12. The molecular formula is C31H31NO4. The van der Waals surface area contributed by atoms with Gasteiger partial charge >= 0.3 is 0 Å². The number of unbranched alkanes of at least 4 members (excludes halogenated alkanes) is 1. The number of aryl methyl sites for hydroxylation is 3. The molecule has 0 radical (unpaired) electrons. The third kappa shape index (κ3) is 4.30. The van der Waals surface area contributed by atoms with Gasteiger partial charge < -0.3 is 14.1 Å². The molecule has 1 unspecified atom stereocenters. The molecule has 0 bridgehead atoms. The van der Waals surface area contributed by atoms with Crippen LogP contribution in [0.5, 0.6) is 5.75 Å². The molecule has 0 fully saturated rings. The molecule has 1 aromatic heterocycles. The van der Waals surface area contributed by atoms with E-state index in [4.69, 9.17) is 9.15 Å². The molecule has 1 aliphatic rings.